The van der Waals surface area contributed by atoms with Gasteiger partial charge in [-0.2, -0.15) is 13.2 Å². The van der Waals surface area contributed by atoms with Crippen LogP contribution >= 0.6 is 0 Å². The predicted octanol–water partition coefficient (Wildman–Crippen LogP) is 3.78. The van der Waals surface area contributed by atoms with E-state index in [0.717, 1.165) is 55.0 Å². The molecule has 0 spiro atoms. The molecule has 1 aliphatic rings. The maximum absolute atomic E-state index is 12.6. The van der Waals surface area contributed by atoms with E-state index in [2.05, 4.69) is 9.62 Å². The summed E-state index contributed by atoms with van der Waals surface area (Å²) in [5.41, 5.74) is 1.03. The van der Waals surface area contributed by atoms with Crippen molar-refractivity contribution in [3.63, 3.8) is 0 Å². The van der Waals surface area contributed by atoms with Gasteiger partial charge in [0.15, 0.2) is 0 Å². The molecule has 1 aliphatic heterocycles. The normalized spacial score (nSPS) is 16.0. The van der Waals surface area contributed by atoms with Crippen molar-refractivity contribution in [2.45, 2.75) is 37.0 Å². The molecule has 1 N–H and O–H groups in total. The predicted molar refractivity (Wildman–Crippen MR) is 96.4 cm³/mol. The zero-order valence-electron chi connectivity index (χ0n) is 14.7. The third-order valence-electron chi connectivity index (χ3n) is 4.66. The van der Waals surface area contributed by atoms with Gasteiger partial charge >= 0.3 is 6.18 Å². The van der Waals surface area contributed by atoms with Gasteiger partial charge in [0.1, 0.15) is 0 Å². The highest BCUT2D eigenvalue weighted by molar-refractivity contribution is 7.89. The third-order valence-corrected chi connectivity index (χ3v) is 6.07. The Kier molecular flexibility index (Phi) is 5.88. The number of sulfonamides is 1. The first-order valence-electron chi connectivity index (χ1n) is 8.72. The van der Waals surface area contributed by atoms with E-state index in [0.29, 0.717) is 0 Å². The highest BCUT2D eigenvalue weighted by Gasteiger charge is 2.30. The van der Waals surface area contributed by atoms with Crippen LogP contribution in [0.1, 0.15) is 29.5 Å². The number of nitrogens with one attached hydrogen (secondary N) is 1. The summed E-state index contributed by atoms with van der Waals surface area (Å²) in [6, 6.07) is 11.1. The maximum Gasteiger partial charge on any atom is 0.416 e. The van der Waals surface area contributed by atoms with Crippen LogP contribution in [0.5, 0.6) is 0 Å². The third kappa shape index (κ3) is 5.09. The van der Waals surface area contributed by atoms with Crippen molar-refractivity contribution in [3.8, 4) is 0 Å². The van der Waals surface area contributed by atoms with Crippen LogP contribution in [0.3, 0.4) is 0 Å². The van der Waals surface area contributed by atoms with E-state index in [4.69, 9.17) is 0 Å². The molecule has 0 amide bonds. The van der Waals surface area contributed by atoms with E-state index in [1.54, 1.807) is 0 Å². The molecular weight excluding hydrogens is 377 g/mol. The molecule has 0 bridgehead atoms. The van der Waals surface area contributed by atoms with Crippen LogP contribution in [0.25, 0.3) is 0 Å². The van der Waals surface area contributed by atoms with E-state index in [9.17, 15) is 21.6 Å². The Morgan fingerprint density at radius 2 is 1.52 bits per heavy atom. The SMILES string of the molecule is O=S(=O)(NCc1ccccc1CN1CCCC1)c1ccc(C(F)(F)F)cc1. The van der Waals surface area contributed by atoms with E-state index in [1.165, 1.54) is 12.8 Å². The van der Waals surface area contributed by atoms with Crippen LogP contribution in [0, 0.1) is 0 Å². The number of nitrogens with zero attached hydrogens (tertiary/aromatic N) is 1. The average molecular weight is 398 g/mol. The molecule has 0 aliphatic carbocycles. The molecule has 0 unspecified atom stereocenters. The van der Waals surface area contributed by atoms with Gasteiger partial charge < -0.3 is 0 Å². The minimum absolute atomic E-state index is 0.0906. The van der Waals surface area contributed by atoms with E-state index in [1.807, 2.05) is 24.3 Å². The Morgan fingerprint density at radius 1 is 0.926 bits per heavy atom. The lowest BCUT2D eigenvalue weighted by Gasteiger charge is -2.18. The summed E-state index contributed by atoms with van der Waals surface area (Å²) >= 11 is 0. The van der Waals surface area contributed by atoms with Gasteiger partial charge in [0.25, 0.3) is 0 Å². The van der Waals surface area contributed by atoms with Crippen molar-refractivity contribution in [1.82, 2.24) is 9.62 Å². The van der Waals surface area contributed by atoms with Gasteiger partial charge in [0.2, 0.25) is 10.0 Å². The molecule has 8 heteroatoms. The molecule has 0 saturated carbocycles. The van der Waals surface area contributed by atoms with Crippen LogP contribution < -0.4 is 4.72 Å². The molecule has 146 valence electrons. The monoisotopic (exact) mass is 398 g/mol. The average Bonchev–Trinajstić information content (AvgIpc) is 3.13. The van der Waals surface area contributed by atoms with E-state index < -0.39 is 21.8 Å². The Balaban J connectivity index is 1.70. The summed E-state index contributed by atoms with van der Waals surface area (Å²) in [6.07, 6.45) is -2.16. The van der Waals surface area contributed by atoms with Gasteiger partial charge in [-0.3, -0.25) is 4.90 Å². The molecule has 2 aromatic rings. The second kappa shape index (κ2) is 8.00. The standard InChI is InChI=1S/C19H21F3N2O2S/c20-19(21,22)17-7-9-18(10-8-17)27(25,26)23-13-15-5-1-2-6-16(15)14-24-11-3-4-12-24/h1-2,5-10,23H,3-4,11-14H2. The summed E-state index contributed by atoms with van der Waals surface area (Å²) in [5.74, 6) is 0. The highest BCUT2D eigenvalue weighted by atomic mass is 32.2. The van der Waals surface area contributed by atoms with Crippen molar-refractivity contribution in [2.24, 2.45) is 0 Å². The van der Waals surface area contributed by atoms with Crippen molar-refractivity contribution in [1.29, 1.82) is 0 Å². The fraction of sp³-hybridized carbons (Fsp3) is 0.368. The number of hydrogen-bond acceptors (Lipinski definition) is 3. The van der Waals surface area contributed by atoms with Crippen LogP contribution in [-0.2, 0) is 29.3 Å². The Bertz CT molecular complexity index is 875. The fourth-order valence-electron chi connectivity index (χ4n) is 3.15. The molecule has 1 fully saturated rings. The number of halogens is 3. The molecule has 1 saturated heterocycles. The van der Waals surface area contributed by atoms with Gasteiger partial charge in [0, 0.05) is 13.1 Å². The number of benzene rings is 2. The Hall–Kier alpha value is -1.90. The molecule has 0 aromatic heterocycles. The van der Waals surface area contributed by atoms with Gasteiger partial charge in [-0.15, -0.1) is 0 Å². The van der Waals surface area contributed by atoms with Gasteiger partial charge in [-0.25, -0.2) is 13.1 Å². The van der Waals surface area contributed by atoms with Gasteiger partial charge in [-0.1, -0.05) is 24.3 Å². The zero-order chi connectivity index (χ0) is 19.5. The fourth-order valence-corrected chi connectivity index (χ4v) is 4.15. The molecule has 0 radical (unpaired) electrons. The molecule has 0 atom stereocenters. The first-order valence-corrected chi connectivity index (χ1v) is 10.2. The van der Waals surface area contributed by atoms with Crippen LogP contribution in [-0.4, -0.2) is 26.4 Å². The summed E-state index contributed by atoms with van der Waals surface area (Å²) in [5, 5.41) is 0. The number of alkyl halides is 3. The van der Waals surface area contributed by atoms with Crippen LogP contribution in [0.15, 0.2) is 53.4 Å². The minimum Gasteiger partial charge on any atom is -0.299 e. The zero-order valence-corrected chi connectivity index (χ0v) is 15.5. The van der Waals surface area contributed by atoms with Crippen LogP contribution in [0.2, 0.25) is 0 Å². The molecule has 3 rings (SSSR count). The summed E-state index contributed by atoms with van der Waals surface area (Å²) in [7, 11) is -3.90. The number of likely N-dealkylation sites (tertiary alicyclic amines) is 1. The van der Waals surface area contributed by atoms with Crippen molar-refractivity contribution in [2.75, 3.05) is 13.1 Å². The molecular formula is C19H21F3N2O2S. The Labute approximate surface area is 157 Å². The smallest absolute Gasteiger partial charge is 0.299 e. The Morgan fingerprint density at radius 3 is 2.11 bits per heavy atom. The van der Waals surface area contributed by atoms with Gasteiger partial charge in [0.05, 0.1) is 10.5 Å². The van der Waals surface area contributed by atoms with Gasteiger partial charge in [-0.05, 0) is 61.3 Å². The highest BCUT2D eigenvalue weighted by Crippen LogP contribution is 2.29. The molecule has 27 heavy (non-hydrogen) atoms. The largest absolute Gasteiger partial charge is 0.416 e. The van der Waals surface area contributed by atoms with Crippen LogP contribution in [0.4, 0.5) is 13.2 Å². The summed E-state index contributed by atoms with van der Waals surface area (Å²) < 4.78 is 65.2. The summed E-state index contributed by atoms with van der Waals surface area (Å²) in [4.78, 5) is 2.14. The molecule has 4 nitrogen and oxygen atoms in total. The maximum atomic E-state index is 12.6. The second-order valence-electron chi connectivity index (χ2n) is 6.60. The molecule has 2 aromatic carbocycles. The number of hydrogen-bond donors (Lipinski definition) is 1. The van der Waals surface area contributed by atoms with Crippen molar-refractivity contribution >= 4 is 10.0 Å². The first kappa shape index (κ1) is 19.9. The first-order chi connectivity index (χ1) is 12.8. The quantitative estimate of drug-likeness (QED) is 0.806. The topological polar surface area (TPSA) is 49.4 Å². The molecule has 1 heterocycles. The lowest BCUT2D eigenvalue weighted by Crippen LogP contribution is -2.25. The van der Waals surface area contributed by atoms with E-state index in [-0.39, 0.29) is 11.4 Å². The van der Waals surface area contributed by atoms with Crippen molar-refractivity contribution in [3.05, 3.63) is 65.2 Å². The lowest BCUT2D eigenvalue weighted by atomic mass is 10.1. The summed E-state index contributed by atoms with van der Waals surface area (Å²) in [6.45, 7) is 2.92. The van der Waals surface area contributed by atoms with Crippen molar-refractivity contribution < 1.29 is 21.6 Å². The lowest BCUT2D eigenvalue weighted by molar-refractivity contribution is -0.137. The number of rotatable bonds is 6. The van der Waals surface area contributed by atoms with E-state index >= 15 is 0 Å². The second-order valence-corrected chi connectivity index (χ2v) is 8.37. The minimum atomic E-state index is -4.50.